The molecule has 0 spiro atoms. The molecule has 0 N–H and O–H groups in total. The molecule has 8 nitrogen and oxygen atoms in total. The molecule has 4 rings (SSSR count). The normalized spacial score (nSPS) is 11.4. The third-order valence-corrected chi connectivity index (χ3v) is 6.24. The summed E-state index contributed by atoms with van der Waals surface area (Å²) in [4.78, 5) is 29.1. The lowest BCUT2D eigenvalue weighted by molar-refractivity contribution is -0.385. The molecule has 0 radical (unpaired) electrons. The van der Waals surface area contributed by atoms with Crippen LogP contribution in [0, 0.1) is 15.9 Å². The van der Waals surface area contributed by atoms with Gasteiger partial charge in [-0.25, -0.2) is 9.37 Å². The molecular formula is C26H21BrClFN4O4. The molecule has 0 saturated carbocycles. The summed E-state index contributed by atoms with van der Waals surface area (Å²) in [5.74, 6) is -0.209. The van der Waals surface area contributed by atoms with Gasteiger partial charge in [0.05, 0.1) is 22.0 Å². The Balaban J connectivity index is 1.82. The number of rotatable bonds is 9. The molecule has 0 amide bonds. The largest absolute Gasteiger partial charge is 0.481 e. The van der Waals surface area contributed by atoms with Gasteiger partial charge < -0.3 is 4.74 Å². The quantitative estimate of drug-likeness (QED) is 0.124. The van der Waals surface area contributed by atoms with E-state index in [4.69, 9.17) is 16.3 Å². The van der Waals surface area contributed by atoms with Crippen LogP contribution >= 0.6 is 27.5 Å². The molecule has 0 bridgehead atoms. The van der Waals surface area contributed by atoms with E-state index in [0.29, 0.717) is 27.6 Å². The van der Waals surface area contributed by atoms with Crippen LogP contribution in [0.2, 0.25) is 5.02 Å². The molecule has 11 heteroatoms. The van der Waals surface area contributed by atoms with Gasteiger partial charge in [0.25, 0.3) is 5.56 Å². The number of benzene rings is 3. The minimum absolute atomic E-state index is 0.0745. The van der Waals surface area contributed by atoms with E-state index in [-0.39, 0.29) is 34.1 Å². The number of nitro groups is 1. The van der Waals surface area contributed by atoms with Crippen LogP contribution < -0.4 is 10.3 Å². The van der Waals surface area contributed by atoms with Gasteiger partial charge in [-0.2, -0.15) is 9.78 Å². The molecule has 0 aliphatic heterocycles. The van der Waals surface area contributed by atoms with Crippen molar-refractivity contribution in [3.8, 4) is 5.75 Å². The summed E-state index contributed by atoms with van der Waals surface area (Å²) in [6, 6.07) is 13.7. The highest BCUT2D eigenvalue weighted by molar-refractivity contribution is 9.10. The van der Waals surface area contributed by atoms with Crippen molar-refractivity contribution in [2.75, 3.05) is 0 Å². The molecule has 0 unspecified atom stereocenters. The number of aryl methyl sites for hydroxylation is 1. The Hall–Kier alpha value is -3.63. The Morgan fingerprint density at radius 1 is 1.24 bits per heavy atom. The summed E-state index contributed by atoms with van der Waals surface area (Å²) >= 11 is 9.52. The van der Waals surface area contributed by atoms with Crippen LogP contribution in [0.4, 0.5) is 10.1 Å². The van der Waals surface area contributed by atoms with Gasteiger partial charge in [0.15, 0.2) is 0 Å². The van der Waals surface area contributed by atoms with Gasteiger partial charge in [-0.1, -0.05) is 59.1 Å². The average molecular weight is 588 g/mol. The maximum atomic E-state index is 14.1. The second-order valence-electron chi connectivity index (χ2n) is 8.14. The van der Waals surface area contributed by atoms with Gasteiger partial charge in [-0.15, -0.1) is 0 Å². The molecule has 0 aliphatic carbocycles. The summed E-state index contributed by atoms with van der Waals surface area (Å²) in [6.45, 7) is 1.76. The molecule has 0 atom stereocenters. The van der Waals surface area contributed by atoms with E-state index in [1.54, 1.807) is 24.3 Å². The van der Waals surface area contributed by atoms with E-state index < -0.39 is 16.4 Å². The molecule has 0 aliphatic rings. The van der Waals surface area contributed by atoms with Crippen molar-refractivity contribution in [2.24, 2.45) is 5.10 Å². The van der Waals surface area contributed by atoms with Gasteiger partial charge in [-0.05, 0) is 36.8 Å². The molecule has 1 aromatic heterocycles. The third kappa shape index (κ3) is 6.03. The lowest BCUT2D eigenvalue weighted by Crippen LogP contribution is -2.22. The van der Waals surface area contributed by atoms with E-state index >= 15 is 0 Å². The Labute approximate surface area is 224 Å². The smallest absolute Gasteiger partial charge is 0.313 e. The van der Waals surface area contributed by atoms with Gasteiger partial charge in [0.2, 0.25) is 5.75 Å². The van der Waals surface area contributed by atoms with Crippen LogP contribution in [-0.2, 0) is 13.0 Å². The van der Waals surface area contributed by atoms with Crippen LogP contribution in [0.3, 0.4) is 0 Å². The minimum atomic E-state index is -0.645. The van der Waals surface area contributed by atoms with Crippen molar-refractivity contribution in [1.82, 2.24) is 9.66 Å². The Kier molecular flexibility index (Phi) is 8.30. The van der Waals surface area contributed by atoms with Crippen LogP contribution in [0.15, 0.2) is 69.0 Å². The lowest BCUT2D eigenvalue weighted by atomic mass is 10.1. The number of fused-ring (bicyclic) bond motifs is 1. The zero-order chi connectivity index (χ0) is 26.5. The molecule has 4 aromatic rings. The van der Waals surface area contributed by atoms with E-state index in [1.165, 1.54) is 35.2 Å². The number of hydrogen-bond donors (Lipinski definition) is 0. The van der Waals surface area contributed by atoms with Crippen molar-refractivity contribution in [2.45, 2.75) is 32.8 Å². The predicted octanol–water partition coefficient (Wildman–Crippen LogP) is 6.66. The second-order valence-corrected chi connectivity index (χ2v) is 9.49. The summed E-state index contributed by atoms with van der Waals surface area (Å²) in [6.07, 6.45) is 3.43. The van der Waals surface area contributed by atoms with Gasteiger partial charge in [0, 0.05) is 33.1 Å². The van der Waals surface area contributed by atoms with Gasteiger partial charge in [-0.3, -0.25) is 14.9 Å². The number of nitrogens with zero attached hydrogens (tertiary/aromatic N) is 4. The Morgan fingerprint density at radius 2 is 2.03 bits per heavy atom. The Bertz CT molecular complexity index is 1570. The fourth-order valence-electron chi connectivity index (χ4n) is 3.68. The highest BCUT2D eigenvalue weighted by Crippen LogP contribution is 2.34. The number of hydrogen-bond acceptors (Lipinski definition) is 6. The summed E-state index contributed by atoms with van der Waals surface area (Å²) in [5, 5.41) is 16.5. The third-order valence-electron chi connectivity index (χ3n) is 5.53. The molecule has 190 valence electrons. The first-order chi connectivity index (χ1) is 17.8. The molecular weight excluding hydrogens is 567 g/mol. The first kappa shape index (κ1) is 26.4. The first-order valence-corrected chi connectivity index (χ1v) is 12.5. The van der Waals surface area contributed by atoms with E-state index in [2.05, 4.69) is 26.0 Å². The van der Waals surface area contributed by atoms with Crippen molar-refractivity contribution in [3.63, 3.8) is 0 Å². The summed E-state index contributed by atoms with van der Waals surface area (Å²) < 4.78 is 21.7. The van der Waals surface area contributed by atoms with Gasteiger partial charge >= 0.3 is 5.69 Å². The van der Waals surface area contributed by atoms with Crippen LogP contribution in [0.5, 0.6) is 5.75 Å². The number of aromatic nitrogens is 2. The fourth-order valence-corrected chi connectivity index (χ4v) is 4.27. The van der Waals surface area contributed by atoms with E-state index in [1.807, 2.05) is 6.92 Å². The molecule has 1 heterocycles. The number of nitro benzene ring substituents is 1. The molecule has 0 saturated heterocycles. The maximum absolute atomic E-state index is 14.1. The monoisotopic (exact) mass is 586 g/mol. The van der Waals surface area contributed by atoms with Crippen LogP contribution in [0.25, 0.3) is 10.9 Å². The van der Waals surface area contributed by atoms with E-state index in [9.17, 15) is 19.3 Å². The average Bonchev–Trinajstić information content (AvgIpc) is 2.87. The van der Waals surface area contributed by atoms with Crippen molar-refractivity contribution in [3.05, 3.63) is 107 Å². The first-order valence-electron chi connectivity index (χ1n) is 11.4. The maximum Gasteiger partial charge on any atom is 0.313 e. The number of halogens is 3. The minimum Gasteiger partial charge on any atom is -0.481 e. The molecule has 37 heavy (non-hydrogen) atoms. The Morgan fingerprint density at radius 3 is 2.76 bits per heavy atom. The van der Waals surface area contributed by atoms with Crippen molar-refractivity contribution < 1.29 is 14.1 Å². The fraction of sp³-hybridized carbons (Fsp3) is 0.192. The van der Waals surface area contributed by atoms with Gasteiger partial charge in [0.1, 0.15) is 18.2 Å². The lowest BCUT2D eigenvalue weighted by Gasteiger charge is -2.12. The number of ether oxygens (including phenoxy) is 1. The predicted molar refractivity (Wildman–Crippen MR) is 144 cm³/mol. The summed E-state index contributed by atoms with van der Waals surface area (Å²) in [5.41, 5.74) is 0.108. The zero-order valence-electron chi connectivity index (χ0n) is 19.7. The molecule has 0 fully saturated rings. The van der Waals surface area contributed by atoms with E-state index in [0.717, 1.165) is 18.9 Å². The highest BCUT2D eigenvalue weighted by atomic mass is 79.9. The summed E-state index contributed by atoms with van der Waals surface area (Å²) in [7, 11) is 0. The number of unbranched alkanes of at least 4 members (excludes halogenated alkanes) is 1. The van der Waals surface area contributed by atoms with Crippen molar-refractivity contribution >= 4 is 50.3 Å². The van der Waals surface area contributed by atoms with Crippen LogP contribution in [-0.4, -0.2) is 20.8 Å². The standard InChI is InChI=1S/C26H21BrClFN4O4/c1-2-3-8-24-31-22-10-9-18(27)12-20(22)26(34)32(24)30-14-17-11-19(28)13-23(33(35)36)25(17)37-15-16-6-4-5-7-21(16)29/h4-7,9-14H,2-3,8,15H2,1H3. The zero-order valence-corrected chi connectivity index (χ0v) is 22.0. The van der Waals surface area contributed by atoms with Crippen molar-refractivity contribution in [1.29, 1.82) is 0 Å². The highest BCUT2D eigenvalue weighted by Gasteiger charge is 2.21. The topological polar surface area (TPSA) is 99.6 Å². The molecule has 3 aromatic carbocycles. The SMILES string of the molecule is CCCCc1nc2ccc(Br)cc2c(=O)n1N=Cc1cc(Cl)cc([N+](=O)[O-])c1OCc1ccccc1F. The van der Waals surface area contributed by atoms with Crippen LogP contribution in [0.1, 0.15) is 36.7 Å². The second kappa shape index (κ2) is 11.6.